The van der Waals surface area contributed by atoms with E-state index in [2.05, 4.69) is 26.1 Å². The number of nitrogens with one attached hydrogen (secondary N) is 1. The van der Waals surface area contributed by atoms with E-state index in [0.717, 1.165) is 0 Å². The molecule has 0 bridgehead atoms. The van der Waals surface area contributed by atoms with Crippen LogP contribution >= 0.6 is 0 Å². The van der Waals surface area contributed by atoms with E-state index in [1.165, 1.54) is 30.0 Å². The summed E-state index contributed by atoms with van der Waals surface area (Å²) in [5.41, 5.74) is 2.54. The van der Waals surface area contributed by atoms with Crippen LogP contribution in [0.3, 0.4) is 0 Å². The van der Waals surface area contributed by atoms with E-state index in [4.69, 9.17) is 0 Å². The van der Waals surface area contributed by atoms with Gasteiger partial charge in [-0.2, -0.15) is 0 Å². The van der Waals surface area contributed by atoms with Gasteiger partial charge in [0.05, 0.1) is 4.92 Å². The van der Waals surface area contributed by atoms with Crippen LogP contribution in [0.1, 0.15) is 36.7 Å². The Bertz CT molecular complexity index is 755. The van der Waals surface area contributed by atoms with E-state index in [1.807, 2.05) is 24.3 Å². The number of nitro benzene ring substituents is 1. The zero-order chi connectivity index (χ0) is 17.7. The summed E-state index contributed by atoms with van der Waals surface area (Å²) >= 11 is 0. The van der Waals surface area contributed by atoms with Crippen LogP contribution in [0.25, 0.3) is 0 Å². The van der Waals surface area contributed by atoms with E-state index >= 15 is 0 Å². The van der Waals surface area contributed by atoms with E-state index in [1.54, 1.807) is 12.1 Å². The molecule has 2 aromatic carbocycles. The monoisotopic (exact) mass is 324 g/mol. The Morgan fingerprint density at radius 3 is 2.12 bits per heavy atom. The van der Waals surface area contributed by atoms with Crippen LogP contribution in [-0.4, -0.2) is 10.7 Å². The first-order valence-electron chi connectivity index (χ1n) is 7.60. The summed E-state index contributed by atoms with van der Waals surface area (Å²) in [5, 5.41) is 13.5. The Morgan fingerprint density at radius 1 is 1.04 bits per heavy atom. The van der Waals surface area contributed by atoms with Crippen molar-refractivity contribution in [2.75, 3.05) is 5.32 Å². The molecule has 0 unspecified atom stereocenters. The third kappa shape index (κ3) is 4.52. The number of nitro groups is 1. The fourth-order valence-corrected chi connectivity index (χ4v) is 2.12. The minimum Gasteiger partial charge on any atom is -0.362 e. The first-order chi connectivity index (χ1) is 11.3. The molecule has 1 N–H and O–H groups in total. The number of ketones is 1. The average Bonchev–Trinajstić information content (AvgIpc) is 2.54. The molecule has 0 saturated heterocycles. The van der Waals surface area contributed by atoms with Gasteiger partial charge in [-0.05, 0) is 23.1 Å². The van der Waals surface area contributed by atoms with Crippen LogP contribution < -0.4 is 5.32 Å². The quantitative estimate of drug-likeness (QED) is 0.374. The first kappa shape index (κ1) is 17.4. The van der Waals surface area contributed by atoms with Crippen LogP contribution in [0.15, 0.2) is 60.8 Å². The van der Waals surface area contributed by atoms with E-state index in [-0.39, 0.29) is 16.9 Å². The highest BCUT2D eigenvalue weighted by Gasteiger charge is 2.13. The van der Waals surface area contributed by atoms with Gasteiger partial charge in [-0.25, -0.2) is 0 Å². The lowest BCUT2D eigenvalue weighted by atomic mass is 9.86. The zero-order valence-corrected chi connectivity index (χ0v) is 13.9. The largest absolute Gasteiger partial charge is 0.362 e. The van der Waals surface area contributed by atoms with Gasteiger partial charge in [0, 0.05) is 35.7 Å². The van der Waals surface area contributed by atoms with Crippen molar-refractivity contribution in [3.63, 3.8) is 0 Å². The van der Waals surface area contributed by atoms with Gasteiger partial charge < -0.3 is 5.32 Å². The number of carbonyl (C=O) groups is 1. The van der Waals surface area contributed by atoms with Gasteiger partial charge in [-0.3, -0.25) is 14.9 Å². The Balaban J connectivity index is 1.98. The van der Waals surface area contributed by atoms with Gasteiger partial charge in [-0.1, -0.05) is 45.0 Å². The van der Waals surface area contributed by atoms with Crippen LogP contribution in [-0.2, 0) is 5.41 Å². The second-order valence-corrected chi connectivity index (χ2v) is 6.47. The molecule has 5 heteroatoms. The highest BCUT2D eigenvalue weighted by Crippen LogP contribution is 2.22. The van der Waals surface area contributed by atoms with E-state index in [0.29, 0.717) is 11.3 Å². The minimum atomic E-state index is -0.454. The maximum atomic E-state index is 12.1. The molecule has 0 atom stereocenters. The fourth-order valence-electron chi connectivity index (χ4n) is 2.12. The van der Waals surface area contributed by atoms with Gasteiger partial charge in [-0.15, -0.1) is 0 Å². The van der Waals surface area contributed by atoms with E-state index in [9.17, 15) is 14.9 Å². The summed E-state index contributed by atoms with van der Waals surface area (Å²) in [6.45, 7) is 6.37. The number of nitrogens with zero attached hydrogens (tertiary/aromatic N) is 1. The van der Waals surface area contributed by atoms with Crippen molar-refractivity contribution in [2.24, 2.45) is 0 Å². The molecule has 0 amide bonds. The third-order valence-corrected chi connectivity index (χ3v) is 3.60. The van der Waals surface area contributed by atoms with Gasteiger partial charge in [0.2, 0.25) is 0 Å². The average molecular weight is 324 g/mol. The maximum Gasteiger partial charge on any atom is 0.269 e. The molecule has 24 heavy (non-hydrogen) atoms. The topological polar surface area (TPSA) is 72.2 Å². The molecular weight excluding hydrogens is 304 g/mol. The Morgan fingerprint density at radius 2 is 1.62 bits per heavy atom. The van der Waals surface area contributed by atoms with Gasteiger partial charge >= 0.3 is 0 Å². The predicted molar refractivity (Wildman–Crippen MR) is 95.3 cm³/mol. The second kappa shape index (κ2) is 7.08. The highest BCUT2D eigenvalue weighted by molar-refractivity contribution is 6.04. The number of rotatable bonds is 5. The van der Waals surface area contributed by atoms with Gasteiger partial charge in [0.1, 0.15) is 0 Å². The van der Waals surface area contributed by atoms with Crippen molar-refractivity contribution < 1.29 is 9.72 Å². The van der Waals surface area contributed by atoms with Crippen molar-refractivity contribution in [1.82, 2.24) is 0 Å². The van der Waals surface area contributed by atoms with Crippen molar-refractivity contribution in [3.05, 3.63) is 82.0 Å². The molecule has 0 aromatic heterocycles. The Hall–Kier alpha value is -2.95. The SMILES string of the molecule is CC(C)(C)c1ccc(C(=O)C=CNc2ccc([N+](=O)[O-])cc2)cc1. The third-order valence-electron chi connectivity index (χ3n) is 3.60. The van der Waals surface area contributed by atoms with Crippen LogP contribution in [0.5, 0.6) is 0 Å². The fraction of sp³-hybridized carbons (Fsp3) is 0.211. The number of carbonyl (C=O) groups excluding carboxylic acids is 1. The molecule has 0 fully saturated rings. The molecule has 0 aliphatic rings. The van der Waals surface area contributed by atoms with Crippen LogP contribution in [0, 0.1) is 10.1 Å². The van der Waals surface area contributed by atoms with Crippen LogP contribution in [0.2, 0.25) is 0 Å². The summed E-state index contributed by atoms with van der Waals surface area (Å²) in [4.78, 5) is 22.3. The molecule has 0 aliphatic carbocycles. The standard InChI is InChI=1S/C19H20N2O3/c1-19(2,3)15-6-4-14(5-7-15)18(22)12-13-20-16-8-10-17(11-9-16)21(23)24/h4-13,20H,1-3H3. The first-order valence-corrected chi connectivity index (χ1v) is 7.60. The number of benzene rings is 2. The van der Waals surface area contributed by atoms with Gasteiger partial charge in [0.25, 0.3) is 5.69 Å². The molecule has 0 spiro atoms. The zero-order valence-electron chi connectivity index (χ0n) is 13.9. The molecule has 5 nitrogen and oxygen atoms in total. The lowest BCUT2D eigenvalue weighted by Crippen LogP contribution is -2.11. The number of non-ortho nitro benzene ring substituents is 1. The predicted octanol–water partition coefficient (Wildman–Crippen LogP) is 4.70. The number of anilines is 1. The molecule has 124 valence electrons. The summed E-state index contributed by atoms with van der Waals surface area (Å²) in [6.07, 6.45) is 2.97. The number of hydrogen-bond donors (Lipinski definition) is 1. The molecule has 2 aromatic rings. The summed E-state index contributed by atoms with van der Waals surface area (Å²) in [6, 6.07) is 13.6. The van der Waals surface area contributed by atoms with Crippen molar-refractivity contribution >= 4 is 17.2 Å². The molecule has 0 heterocycles. The van der Waals surface area contributed by atoms with E-state index < -0.39 is 4.92 Å². The summed E-state index contributed by atoms with van der Waals surface area (Å²) < 4.78 is 0. The molecule has 0 radical (unpaired) electrons. The second-order valence-electron chi connectivity index (χ2n) is 6.47. The number of hydrogen-bond acceptors (Lipinski definition) is 4. The van der Waals surface area contributed by atoms with Crippen molar-refractivity contribution in [1.29, 1.82) is 0 Å². The highest BCUT2D eigenvalue weighted by atomic mass is 16.6. The van der Waals surface area contributed by atoms with Crippen molar-refractivity contribution in [2.45, 2.75) is 26.2 Å². The summed E-state index contributed by atoms with van der Waals surface area (Å²) in [7, 11) is 0. The Labute approximate surface area is 141 Å². The lowest BCUT2D eigenvalue weighted by molar-refractivity contribution is -0.384. The molecule has 0 saturated carbocycles. The molecule has 0 aliphatic heterocycles. The summed E-state index contributed by atoms with van der Waals surface area (Å²) in [5.74, 6) is -0.107. The lowest BCUT2D eigenvalue weighted by Gasteiger charge is -2.18. The Kier molecular flexibility index (Phi) is 5.14. The minimum absolute atomic E-state index is 0.0274. The van der Waals surface area contributed by atoms with Crippen molar-refractivity contribution in [3.8, 4) is 0 Å². The van der Waals surface area contributed by atoms with Crippen LogP contribution in [0.4, 0.5) is 11.4 Å². The smallest absolute Gasteiger partial charge is 0.269 e. The number of allylic oxidation sites excluding steroid dienone is 1. The maximum absolute atomic E-state index is 12.1. The molecular formula is C19H20N2O3. The van der Waals surface area contributed by atoms with Gasteiger partial charge in [0.15, 0.2) is 5.78 Å². The normalized spacial score (nSPS) is 11.5. The molecule has 2 rings (SSSR count).